The summed E-state index contributed by atoms with van der Waals surface area (Å²) in [5.74, 6) is 1.43. The zero-order valence-corrected chi connectivity index (χ0v) is 10.8. The molecule has 1 atom stereocenters. The first-order chi connectivity index (χ1) is 7.68. The third-order valence-corrected chi connectivity index (χ3v) is 3.59. The van der Waals surface area contributed by atoms with Crippen molar-refractivity contribution in [2.75, 3.05) is 6.54 Å². The Bertz CT molecular complexity index is 344. The van der Waals surface area contributed by atoms with Crippen LogP contribution in [0.2, 0.25) is 5.02 Å². The summed E-state index contributed by atoms with van der Waals surface area (Å²) in [5, 5.41) is 4.46. The SMILES string of the molecule is CC(C)NCC(c1ccccc1Cl)C1CC1. The normalized spacial score (nSPS) is 17.8. The highest BCUT2D eigenvalue weighted by atomic mass is 35.5. The van der Waals surface area contributed by atoms with Gasteiger partial charge in [0.2, 0.25) is 0 Å². The van der Waals surface area contributed by atoms with Crippen LogP contribution >= 0.6 is 11.6 Å². The van der Waals surface area contributed by atoms with Gasteiger partial charge in [-0.25, -0.2) is 0 Å². The Morgan fingerprint density at radius 2 is 2.00 bits per heavy atom. The minimum absolute atomic E-state index is 0.545. The Morgan fingerprint density at radius 3 is 2.56 bits per heavy atom. The van der Waals surface area contributed by atoms with Crippen molar-refractivity contribution in [3.05, 3.63) is 34.9 Å². The zero-order chi connectivity index (χ0) is 11.5. The van der Waals surface area contributed by atoms with Crippen molar-refractivity contribution in [3.63, 3.8) is 0 Å². The molecular weight excluding hydrogens is 218 g/mol. The highest BCUT2D eigenvalue weighted by Gasteiger charge is 2.32. The van der Waals surface area contributed by atoms with Gasteiger partial charge >= 0.3 is 0 Å². The predicted octanol–water partition coefficient (Wildman–Crippen LogP) is 3.83. The van der Waals surface area contributed by atoms with Crippen molar-refractivity contribution in [3.8, 4) is 0 Å². The van der Waals surface area contributed by atoms with Crippen molar-refractivity contribution in [2.24, 2.45) is 5.92 Å². The van der Waals surface area contributed by atoms with E-state index in [-0.39, 0.29) is 0 Å². The molecule has 16 heavy (non-hydrogen) atoms. The first-order valence-corrected chi connectivity index (χ1v) is 6.54. The van der Waals surface area contributed by atoms with Gasteiger partial charge in [-0.3, -0.25) is 0 Å². The van der Waals surface area contributed by atoms with Crippen LogP contribution in [0.5, 0.6) is 0 Å². The summed E-state index contributed by atoms with van der Waals surface area (Å²) in [6.45, 7) is 5.43. The van der Waals surface area contributed by atoms with Crippen LogP contribution in [0.4, 0.5) is 0 Å². The maximum absolute atomic E-state index is 6.28. The Labute approximate surface area is 103 Å². The van der Waals surface area contributed by atoms with E-state index in [9.17, 15) is 0 Å². The molecular formula is C14H20ClN. The molecule has 1 saturated carbocycles. The van der Waals surface area contributed by atoms with E-state index in [4.69, 9.17) is 11.6 Å². The molecule has 1 N–H and O–H groups in total. The molecule has 2 rings (SSSR count). The van der Waals surface area contributed by atoms with E-state index in [0.717, 1.165) is 17.5 Å². The lowest BCUT2D eigenvalue weighted by Gasteiger charge is -2.20. The zero-order valence-electron chi connectivity index (χ0n) is 10.0. The summed E-state index contributed by atoms with van der Waals surface area (Å²) in [6.07, 6.45) is 2.71. The molecule has 0 saturated heterocycles. The minimum Gasteiger partial charge on any atom is -0.314 e. The molecule has 0 radical (unpaired) electrons. The summed E-state index contributed by atoms with van der Waals surface area (Å²) in [7, 11) is 0. The molecule has 0 heterocycles. The third kappa shape index (κ3) is 2.99. The predicted molar refractivity (Wildman–Crippen MR) is 70.1 cm³/mol. The average molecular weight is 238 g/mol. The van der Waals surface area contributed by atoms with E-state index in [1.165, 1.54) is 18.4 Å². The fraction of sp³-hybridized carbons (Fsp3) is 0.571. The third-order valence-electron chi connectivity index (χ3n) is 3.24. The van der Waals surface area contributed by atoms with Crippen LogP contribution in [-0.2, 0) is 0 Å². The van der Waals surface area contributed by atoms with Gasteiger partial charge < -0.3 is 5.32 Å². The fourth-order valence-electron chi connectivity index (χ4n) is 2.17. The summed E-state index contributed by atoms with van der Waals surface area (Å²) < 4.78 is 0. The molecule has 0 amide bonds. The molecule has 1 unspecified atom stereocenters. The lowest BCUT2D eigenvalue weighted by Crippen LogP contribution is -2.29. The highest BCUT2D eigenvalue weighted by molar-refractivity contribution is 6.31. The first kappa shape index (κ1) is 11.9. The molecule has 0 aromatic heterocycles. The quantitative estimate of drug-likeness (QED) is 0.821. The largest absolute Gasteiger partial charge is 0.314 e. The second-order valence-electron chi connectivity index (χ2n) is 5.03. The number of rotatable bonds is 5. The van der Waals surface area contributed by atoms with Gasteiger partial charge in [0.25, 0.3) is 0 Å². The second kappa shape index (κ2) is 5.20. The van der Waals surface area contributed by atoms with Crippen LogP contribution in [0.1, 0.15) is 38.2 Å². The molecule has 88 valence electrons. The van der Waals surface area contributed by atoms with E-state index in [1.54, 1.807) is 0 Å². The van der Waals surface area contributed by atoms with Crippen molar-refractivity contribution >= 4 is 11.6 Å². The van der Waals surface area contributed by atoms with Crippen molar-refractivity contribution in [2.45, 2.75) is 38.6 Å². The molecule has 0 bridgehead atoms. The molecule has 1 aromatic rings. The Hall–Kier alpha value is -0.530. The number of hydrogen-bond acceptors (Lipinski definition) is 1. The molecule has 0 aliphatic heterocycles. The maximum Gasteiger partial charge on any atom is 0.0441 e. The highest BCUT2D eigenvalue weighted by Crippen LogP contribution is 2.44. The van der Waals surface area contributed by atoms with Crippen molar-refractivity contribution in [1.29, 1.82) is 0 Å². The number of nitrogens with one attached hydrogen (secondary N) is 1. The van der Waals surface area contributed by atoms with E-state index < -0.39 is 0 Å². The van der Waals surface area contributed by atoms with Crippen molar-refractivity contribution < 1.29 is 0 Å². The summed E-state index contributed by atoms with van der Waals surface area (Å²) >= 11 is 6.28. The Morgan fingerprint density at radius 1 is 1.31 bits per heavy atom. The van der Waals surface area contributed by atoms with E-state index in [0.29, 0.717) is 12.0 Å². The van der Waals surface area contributed by atoms with Crippen LogP contribution in [-0.4, -0.2) is 12.6 Å². The van der Waals surface area contributed by atoms with Gasteiger partial charge in [0.1, 0.15) is 0 Å². The minimum atomic E-state index is 0.545. The van der Waals surface area contributed by atoms with Crippen LogP contribution in [0.15, 0.2) is 24.3 Å². The topological polar surface area (TPSA) is 12.0 Å². The van der Waals surface area contributed by atoms with Gasteiger partial charge in [-0.2, -0.15) is 0 Å². The van der Waals surface area contributed by atoms with Crippen LogP contribution in [0.3, 0.4) is 0 Å². The van der Waals surface area contributed by atoms with Gasteiger partial charge in [-0.15, -0.1) is 0 Å². The van der Waals surface area contributed by atoms with Gasteiger partial charge in [0.05, 0.1) is 0 Å². The molecule has 1 nitrogen and oxygen atoms in total. The summed E-state index contributed by atoms with van der Waals surface area (Å²) in [4.78, 5) is 0. The molecule has 1 aromatic carbocycles. The van der Waals surface area contributed by atoms with Gasteiger partial charge in [0.15, 0.2) is 0 Å². The molecule has 1 aliphatic rings. The van der Waals surface area contributed by atoms with E-state index >= 15 is 0 Å². The van der Waals surface area contributed by atoms with E-state index in [1.807, 2.05) is 12.1 Å². The molecule has 2 heteroatoms. The van der Waals surface area contributed by atoms with Gasteiger partial charge in [-0.05, 0) is 30.4 Å². The molecule has 0 spiro atoms. The smallest absolute Gasteiger partial charge is 0.0441 e. The Kier molecular flexibility index (Phi) is 3.88. The van der Waals surface area contributed by atoms with Gasteiger partial charge in [-0.1, -0.05) is 43.6 Å². The van der Waals surface area contributed by atoms with Gasteiger partial charge in [0, 0.05) is 23.5 Å². The standard InChI is InChI=1S/C14H20ClN/c1-10(2)16-9-13(11-7-8-11)12-5-3-4-6-14(12)15/h3-6,10-11,13,16H,7-9H2,1-2H3. The van der Waals surface area contributed by atoms with Crippen molar-refractivity contribution in [1.82, 2.24) is 5.32 Å². The number of halogens is 1. The number of hydrogen-bond donors (Lipinski definition) is 1. The summed E-state index contributed by atoms with van der Waals surface area (Å²) in [6, 6.07) is 8.82. The molecule has 1 fully saturated rings. The Balaban J connectivity index is 2.10. The summed E-state index contributed by atoms with van der Waals surface area (Å²) in [5.41, 5.74) is 1.32. The van der Waals surface area contributed by atoms with Crippen LogP contribution in [0.25, 0.3) is 0 Å². The average Bonchev–Trinajstić information content (AvgIpc) is 3.04. The lowest BCUT2D eigenvalue weighted by molar-refractivity contribution is 0.496. The fourth-order valence-corrected chi connectivity index (χ4v) is 2.44. The molecule has 1 aliphatic carbocycles. The monoisotopic (exact) mass is 237 g/mol. The second-order valence-corrected chi connectivity index (χ2v) is 5.44. The maximum atomic E-state index is 6.28. The van der Waals surface area contributed by atoms with Crippen LogP contribution in [0, 0.1) is 5.92 Å². The van der Waals surface area contributed by atoms with E-state index in [2.05, 4.69) is 31.3 Å². The number of benzene rings is 1. The first-order valence-electron chi connectivity index (χ1n) is 6.16. The lowest BCUT2D eigenvalue weighted by atomic mass is 9.94. The van der Waals surface area contributed by atoms with Crippen LogP contribution < -0.4 is 5.32 Å².